The number of hydrogen-bond donors (Lipinski definition) is 1. The van der Waals surface area contributed by atoms with Gasteiger partial charge in [0.1, 0.15) is 0 Å². The summed E-state index contributed by atoms with van der Waals surface area (Å²) in [7, 11) is 2.17. The van der Waals surface area contributed by atoms with Gasteiger partial charge in [-0.1, -0.05) is 27.2 Å². The van der Waals surface area contributed by atoms with Gasteiger partial charge in [-0.2, -0.15) is 0 Å². The van der Waals surface area contributed by atoms with Crippen molar-refractivity contribution in [2.24, 2.45) is 16.7 Å². The molecule has 0 unspecified atom stereocenters. The maximum absolute atomic E-state index is 11.1. The van der Waals surface area contributed by atoms with Gasteiger partial charge in [-0.05, 0) is 44.1 Å². The van der Waals surface area contributed by atoms with Gasteiger partial charge in [0, 0.05) is 71.6 Å². The first kappa shape index (κ1) is 25.1. The van der Waals surface area contributed by atoms with Gasteiger partial charge >= 0.3 is 0 Å². The summed E-state index contributed by atoms with van der Waals surface area (Å²) < 4.78 is 0. The second-order valence-corrected chi connectivity index (χ2v) is 10.6. The molecule has 1 N–H and O–H groups in total. The van der Waals surface area contributed by atoms with Crippen molar-refractivity contribution in [3.8, 4) is 0 Å². The highest BCUT2D eigenvalue weighted by Crippen LogP contribution is 2.39. The molecule has 2 spiro atoms. The molecule has 4 fully saturated rings. The van der Waals surface area contributed by atoms with E-state index in [2.05, 4.69) is 38.0 Å². The largest absolute Gasteiger partial charge is 0.343 e. The van der Waals surface area contributed by atoms with Crippen molar-refractivity contribution in [2.75, 3.05) is 59.4 Å². The van der Waals surface area contributed by atoms with Crippen molar-refractivity contribution in [3.63, 3.8) is 0 Å². The Labute approximate surface area is 184 Å². The van der Waals surface area contributed by atoms with Crippen molar-refractivity contribution in [1.82, 2.24) is 20.0 Å². The van der Waals surface area contributed by atoms with Gasteiger partial charge in [-0.25, -0.2) is 0 Å². The molecular formula is C24H46N4O2. The Morgan fingerprint density at radius 2 is 1.40 bits per heavy atom. The van der Waals surface area contributed by atoms with Crippen LogP contribution in [0.1, 0.15) is 66.7 Å². The molecule has 0 aromatic heterocycles. The summed E-state index contributed by atoms with van der Waals surface area (Å²) in [5, 5.41) is 3.29. The third-order valence-corrected chi connectivity index (χ3v) is 7.40. The van der Waals surface area contributed by atoms with Gasteiger partial charge in [-0.3, -0.25) is 9.59 Å². The highest BCUT2D eigenvalue weighted by molar-refractivity contribution is 5.73. The van der Waals surface area contributed by atoms with Crippen LogP contribution in [-0.2, 0) is 9.59 Å². The molecule has 4 aliphatic rings. The minimum Gasteiger partial charge on any atom is -0.343 e. The van der Waals surface area contributed by atoms with Gasteiger partial charge in [0.15, 0.2) is 0 Å². The monoisotopic (exact) mass is 422 g/mol. The number of rotatable bonds is 1. The van der Waals surface area contributed by atoms with E-state index < -0.39 is 0 Å². The van der Waals surface area contributed by atoms with E-state index in [9.17, 15) is 9.59 Å². The third-order valence-electron chi connectivity index (χ3n) is 7.40. The number of amides is 2. The standard InChI is InChI=1S/C10H18N2O.C9H16N2O.C5H12/c1-9(13)12-5-3-10(4-6-12)7-11(2)8-10;1-8(12)11-4-2-3-9(7-11)5-10-6-9;1-4-5(2)3/h3-8H2,1-2H3;10H,2-7H2,1H3;5H,4H2,1-3H3. The third kappa shape index (κ3) is 6.94. The van der Waals surface area contributed by atoms with E-state index in [1.54, 1.807) is 13.8 Å². The van der Waals surface area contributed by atoms with Crippen LogP contribution >= 0.6 is 0 Å². The van der Waals surface area contributed by atoms with Gasteiger partial charge in [-0.15, -0.1) is 0 Å². The zero-order chi connectivity index (χ0) is 22.4. The maximum Gasteiger partial charge on any atom is 0.219 e. The molecule has 0 bridgehead atoms. The van der Waals surface area contributed by atoms with E-state index in [4.69, 9.17) is 0 Å². The van der Waals surface area contributed by atoms with Crippen molar-refractivity contribution in [2.45, 2.75) is 66.7 Å². The SMILES string of the molecule is CC(=O)N1CCC2(CC1)CN(C)C2.CC(=O)N1CCCC2(CNC2)C1.CCC(C)C. The molecule has 4 saturated heterocycles. The Balaban J connectivity index is 0.000000176. The summed E-state index contributed by atoms with van der Waals surface area (Å²) >= 11 is 0. The molecule has 2 amide bonds. The lowest BCUT2D eigenvalue weighted by molar-refractivity contribution is -0.134. The summed E-state index contributed by atoms with van der Waals surface area (Å²) in [6.45, 7) is 18.6. The van der Waals surface area contributed by atoms with Crippen molar-refractivity contribution < 1.29 is 9.59 Å². The van der Waals surface area contributed by atoms with Crippen LogP contribution in [0.4, 0.5) is 0 Å². The second kappa shape index (κ2) is 10.9. The molecule has 4 heterocycles. The van der Waals surface area contributed by atoms with Crippen LogP contribution in [-0.4, -0.2) is 85.9 Å². The number of hydrogen-bond acceptors (Lipinski definition) is 4. The van der Waals surface area contributed by atoms with Gasteiger partial charge in [0.05, 0.1) is 0 Å². The molecule has 174 valence electrons. The number of nitrogens with zero attached hydrogens (tertiary/aromatic N) is 3. The predicted octanol–water partition coefficient (Wildman–Crippen LogP) is 2.83. The van der Waals surface area contributed by atoms with Crippen LogP contribution in [0.15, 0.2) is 0 Å². The van der Waals surface area contributed by atoms with Crippen molar-refractivity contribution in [3.05, 3.63) is 0 Å². The van der Waals surface area contributed by atoms with E-state index in [1.165, 1.54) is 45.2 Å². The van der Waals surface area contributed by atoms with E-state index in [0.29, 0.717) is 10.8 Å². The molecule has 6 heteroatoms. The van der Waals surface area contributed by atoms with Crippen LogP contribution in [0.5, 0.6) is 0 Å². The van der Waals surface area contributed by atoms with E-state index in [-0.39, 0.29) is 11.8 Å². The zero-order valence-electron chi connectivity index (χ0n) is 20.4. The van der Waals surface area contributed by atoms with Crippen LogP contribution in [0, 0.1) is 16.7 Å². The van der Waals surface area contributed by atoms with Crippen molar-refractivity contribution in [1.29, 1.82) is 0 Å². The van der Waals surface area contributed by atoms with E-state index >= 15 is 0 Å². The number of carbonyl (C=O) groups is 2. The Morgan fingerprint density at radius 1 is 0.867 bits per heavy atom. The topological polar surface area (TPSA) is 55.9 Å². The first-order valence-electron chi connectivity index (χ1n) is 12.0. The fourth-order valence-corrected chi connectivity index (χ4v) is 4.95. The Hall–Kier alpha value is -1.14. The van der Waals surface area contributed by atoms with E-state index in [0.717, 1.165) is 45.2 Å². The molecule has 6 nitrogen and oxygen atoms in total. The summed E-state index contributed by atoms with van der Waals surface area (Å²) in [6.07, 6.45) is 6.19. The molecule has 4 rings (SSSR count). The predicted molar refractivity (Wildman–Crippen MR) is 123 cm³/mol. The quantitative estimate of drug-likeness (QED) is 0.706. The zero-order valence-corrected chi connectivity index (χ0v) is 20.4. The van der Waals surface area contributed by atoms with Crippen molar-refractivity contribution >= 4 is 11.8 Å². The number of carbonyl (C=O) groups excluding carboxylic acids is 2. The first-order valence-corrected chi connectivity index (χ1v) is 12.0. The minimum absolute atomic E-state index is 0.237. The highest BCUT2D eigenvalue weighted by Gasteiger charge is 2.43. The second-order valence-electron chi connectivity index (χ2n) is 10.6. The van der Waals surface area contributed by atoms with E-state index in [1.807, 2.05) is 9.80 Å². The molecule has 0 atom stereocenters. The maximum atomic E-state index is 11.1. The minimum atomic E-state index is 0.237. The average molecular weight is 423 g/mol. The summed E-state index contributed by atoms with van der Waals surface area (Å²) in [4.78, 5) is 28.6. The molecule has 0 aliphatic carbocycles. The lowest BCUT2D eigenvalue weighted by Crippen LogP contribution is -2.61. The summed E-state index contributed by atoms with van der Waals surface area (Å²) in [5.41, 5.74) is 1.02. The number of nitrogens with one attached hydrogen (secondary N) is 1. The molecule has 0 aromatic carbocycles. The molecule has 0 radical (unpaired) electrons. The Bertz CT molecular complexity index is 558. The molecule has 30 heavy (non-hydrogen) atoms. The molecule has 4 aliphatic heterocycles. The smallest absolute Gasteiger partial charge is 0.219 e. The summed E-state index contributed by atoms with van der Waals surface area (Å²) in [6, 6.07) is 0. The average Bonchev–Trinajstić information content (AvgIpc) is 2.67. The van der Waals surface area contributed by atoms with Gasteiger partial charge in [0.2, 0.25) is 11.8 Å². The normalized spacial score (nSPS) is 24.2. The first-order chi connectivity index (χ1) is 14.1. The van der Waals surface area contributed by atoms with Gasteiger partial charge in [0.25, 0.3) is 0 Å². The number of likely N-dealkylation sites (tertiary alicyclic amines) is 3. The molecule has 0 aromatic rings. The fraction of sp³-hybridized carbons (Fsp3) is 0.917. The van der Waals surface area contributed by atoms with Crippen LogP contribution in [0.2, 0.25) is 0 Å². The highest BCUT2D eigenvalue weighted by atomic mass is 16.2. The fourth-order valence-electron chi connectivity index (χ4n) is 4.95. The molecule has 0 saturated carbocycles. The van der Waals surface area contributed by atoms with Crippen LogP contribution in [0.3, 0.4) is 0 Å². The lowest BCUT2D eigenvalue weighted by Gasteiger charge is -2.52. The Kier molecular flexibility index (Phi) is 9.16. The molecular weight excluding hydrogens is 376 g/mol. The van der Waals surface area contributed by atoms with Gasteiger partial charge < -0.3 is 20.0 Å². The number of piperidine rings is 2. The summed E-state index contributed by atoms with van der Waals surface area (Å²) in [5.74, 6) is 1.36. The Morgan fingerprint density at radius 3 is 1.77 bits per heavy atom. The van der Waals surface area contributed by atoms with Crippen LogP contribution < -0.4 is 5.32 Å². The van der Waals surface area contributed by atoms with Crippen LogP contribution in [0.25, 0.3) is 0 Å². The lowest BCUT2D eigenvalue weighted by atomic mass is 9.72.